The molecule has 4 nitrogen and oxygen atoms in total. The Labute approximate surface area is 230 Å². The number of aryl methyl sites for hydroxylation is 2. The summed E-state index contributed by atoms with van der Waals surface area (Å²) in [6.45, 7) is 6.58. The van der Waals surface area contributed by atoms with Crippen molar-refractivity contribution in [1.82, 2.24) is 5.16 Å². The second-order valence-electron chi connectivity index (χ2n) is 10.5. The molecule has 1 aliphatic rings. The monoisotopic (exact) mass is 527 g/mol. The zero-order chi connectivity index (χ0) is 26.7. The largest absolute Gasteiger partial charge is 0.465 e. The molecule has 0 amide bonds. The van der Waals surface area contributed by atoms with Gasteiger partial charge in [-0.3, -0.25) is 4.79 Å². The molecule has 3 aromatic carbocycles. The van der Waals surface area contributed by atoms with Crippen LogP contribution >= 0.6 is 11.6 Å². The lowest BCUT2D eigenvalue weighted by Gasteiger charge is -2.15. The van der Waals surface area contributed by atoms with E-state index in [9.17, 15) is 4.79 Å². The minimum atomic E-state index is -0.440. The summed E-state index contributed by atoms with van der Waals surface area (Å²) in [5.41, 5.74) is 7.31. The van der Waals surface area contributed by atoms with Gasteiger partial charge < -0.3 is 9.26 Å². The minimum absolute atomic E-state index is 0.102. The van der Waals surface area contributed by atoms with E-state index < -0.39 is 5.41 Å². The summed E-state index contributed by atoms with van der Waals surface area (Å²) in [6, 6.07) is 24.9. The number of carbonyl (C=O) groups excluding carboxylic acids is 1. The van der Waals surface area contributed by atoms with E-state index in [1.54, 1.807) is 0 Å². The van der Waals surface area contributed by atoms with Gasteiger partial charge in [0.1, 0.15) is 0 Å². The number of halogens is 1. The van der Waals surface area contributed by atoms with Crippen molar-refractivity contribution in [3.63, 3.8) is 0 Å². The summed E-state index contributed by atoms with van der Waals surface area (Å²) in [5, 5.41) is 5.07. The third-order valence-electron chi connectivity index (χ3n) is 7.71. The summed E-state index contributed by atoms with van der Waals surface area (Å²) in [4.78, 5) is 12.4. The number of carbonyl (C=O) groups is 1. The van der Waals surface area contributed by atoms with E-state index in [4.69, 9.17) is 20.9 Å². The van der Waals surface area contributed by atoms with Crippen LogP contribution in [-0.2, 0) is 27.8 Å². The van der Waals surface area contributed by atoms with Crippen molar-refractivity contribution in [2.45, 2.75) is 58.3 Å². The van der Waals surface area contributed by atoms with E-state index in [1.165, 1.54) is 11.1 Å². The molecule has 1 unspecified atom stereocenters. The first-order valence-electron chi connectivity index (χ1n) is 13.5. The van der Waals surface area contributed by atoms with Crippen molar-refractivity contribution in [2.24, 2.45) is 5.92 Å². The van der Waals surface area contributed by atoms with Crippen molar-refractivity contribution in [3.05, 3.63) is 100 Å². The number of hydrogen-bond acceptors (Lipinski definition) is 4. The normalized spacial score (nSPS) is 14.7. The Morgan fingerprint density at radius 2 is 1.58 bits per heavy atom. The van der Waals surface area contributed by atoms with Gasteiger partial charge in [-0.15, -0.1) is 0 Å². The molecule has 5 heteroatoms. The zero-order valence-corrected chi connectivity index (χ0v) is 23.1. The lowest BCUT2D eigenvalue weighted by atomic mass is 9.91. The average Bonchev–Trinajstić information content (AvgIpc) is 3.68. The molecule has 1 fully saturated rings. The molecule has 0 saturated heterocycles. The number of hydrogen-bond donors (Lipinski definition) is 0. The van der Waals surface area contributed by atoms with E-state index in [1.807, 2.05) is 26.0 Å². The van der Waals surface area contributed by atoms with Gasteiger partial charge in [-0.2, -0.15) is 0 Å². The summed E-state index contributed by atoms with van der Waals surface area (Å²) < 4.78 is 11.1. The van der Waals surface area contributed by atoms with Crippen LogP contribution in [0.15, 0.2) is 77.3 Å². The van der Waals surface area contributed by atoms with Crippen molar-refractivity contribution in [1.29, 1.82) is 0 Å². The summed E-state index contributed by atoms with van der Waals surface area (Å²) in [7, 11) is 0. The van der Waals surface area contributed by atoms with Crippen LogP contribution in [0.1, 0.15) is 55.5 Å². The highest BCUT2D eigenvalue weighted by Gasteiger charge is 2.52. The van der Waals surface area contributed by atoms with Crippen molar-refractivity contribution in [2.75, 3.05) is 6.61 Å². The second-order valence-corrected chi connectivity index (χ2v) is 10.9. The van der Waals surface area contributed by atoms with E-state index in [2.05, 4.69) is 72.7 Å². The number of benzene rings is 3. The Bertz CT molecular complexity index is 1380. The van der Waals surface area contributed by atoms with E-state index in [0.29, 0.717) is 12.5 Å². The molecule has 38 heavy (non-hydrogen) atoms. The number of ether oxygens (including phenoxy) is 1. The standard InChI is InChI=1S/C33H34ClNO3/c1-4-37-32(36)33(19-20-33)28-15-13-26(14-16-28)25-9-11-27(12-10-25)31-30(23(3)35-38-31)21-22(2)5-6-24-7-17-29(34)18-8-24/h7-18,22H,4-6,19-21H2,1-3H3. The predicted molar refractivity (Wildman–Crippen MR) is 152 cm³/mol. The molecule has 1 aliphatic carbocycles. The smallest absolute Gasteiger partial charge is 0.316 e. The molecule has 1 saturated carbocycles. The summed E-state index contributed by atoms with van der Waals surface area (Å²) in [6.07, 6.45) is 4.74. The predicted octanol–water partition coefficient (Wildman–Crippen LogP) is 8.38. The van der Waals surface area contributed by atoms with Gasteiger partial charge in [0.25, 0.3) is 0 Å². The van der Waals surface area contributed by atoms with Crippen molar-refractivity contribution >= 4 is 17.6 Å². The molecular formula is C33H34ClNO3. The summed E-state index contributed by atoms with van der Waals surface area (Å²) >= 11 is 6.02. The molecule has 0 N–H and O–H groups in total. The second kappa shape index (κ2) is 11.2. The summed E-state index contributed by atoms with van der Waals surface area (Å²) in [5.74, 6) is 1.24. The third kappa shape index (κ3) is 5.56. The van der Waals surface area contributed by atoms with Crippen LogP contribution in [0.3, 0.4) is 0 Å². The third-order valence-corrected chi connectivity index (χ3v) is 7.96. The fraction of sp³-hybridized carbons (Fsp3) is 0.333. The quantitative estimate of drug-likeness (QED) is 0.194. The topological polar surface area (TPSA) is 52.3 Å². The Morgan fingerprint density at radius 3 is 2.18 bits per heavy atom. The number of nitrogens with zero attached hydrogens (tertiary/aromatic N) is 1. The lowest BCUT2D eigenvalue weighted by molar-refractivity contribution is -0.146. The fourth-order valence-corrected chi connectivity index (χ4v) is 5.30. The number of aromatic nitrogens is 1. The van der Waals surface area contributed by atoms with Crippen LogP contribution in [0.2, 0.25) is 5.02 Å². The van der Waals surface area contributed by atoms with Gasteiger partial charge in [-0.05, 0) is 86.3 Å². The Kier molecular flexibility index (Phi) is 7.71. The zero-order valence-electron chi connectivity index (χ0n) is 22.3. The number of rotatable bonds is 10. The molecule has 0 bridgehead atoms. The molecule has 1 atom stereocenters. The highest BCUT2D eigenvalue weighted by molar-refractivity contribution is 6.30. The van der Waals surface area contributed by atoms with Gasteiger partial charge in [0.2, 0.25) is 0 Å². The molecule has 5 rings (SSSR count). The van der Waals surface area contributed by atoms with E-state index in [0.717, 1.165) is 70.8 Å². The molecular weight excluding hydrogens is 494 g/mol. The average molecular weight is 528 g/mol. The van der Waals surface area contributed by atoms with Crippen LogP contribution in [-0.4, -0.2) is 17.7 Å². The molecule has 4 aromatic rings. The Balaban J connectivity index is 1.26. The van der Waals surface area contributed by atoms with Gasteiger partial charge in [0.05, 0.1) is 17.7 Å². The van der Waals surface area contributed by atoms with Gasteiger partial charge in [0, 0.05) is 16.1 Å². The van der Waals surface area contributed by atoms with Crippen LogP contribution in [0.4, 0.5) is 0 Å². The molecule has 1 aromatic heterocycles. The fourth-order valence-electron chi connectivity index (χ4n) is 5.17. The highest BCUT2D eigenvalue weighted by Crippen LogP contribution is 2.49. The maximum absolute atomic E-state index is 12.4. The van der Waals surface area contributed by atoms with Crippen LogP contribution in [0.25, 0.3) is 22.5 Å². The first-order chi connectivity index (χ1) is 18.4. The Morgan fingerprint density at radius 1 is 0.974 bits per heavy atom. The SMILES string of the molecule is CCOC(=O)C1(c2ccc(-c3ccc(-c4onc(C)c4CC(C)CCc4ccc(Cl)cc4)cc3)cc2)CC1. The first kappa shape index (κ1) is 26.2. The highest BCUT2D eigenvalue weighted by atomic mass is 35.5. The molecule has 0 spiro atoms. The molecule has 0 aliphatic heterocycles. The van der Waals surface area contributed by atoms with Gasteiger partial charge in [-0.1, -0.05) is 84.3 Å². The minimum Gasteiger partial charge on any atom is -0.465 e. The Hall–Kier alpha value is -3.37. The molecule has 0 radical (unpaired) electrons. The van der Waals surface area contributed by atoms with Crippen LogP contribution < -0.4 is 0 Å². The van der Waals surface area contributed by atoms with Gasteiger partial charge in [0.15, 0.2) is 5.76 Å². The van der Waals surface area contributed by atoms with E-state index >= 15 is 0 Å². The van der Waals surface area contributed by atoms with Gasteiger partial charge >= 0.3 is 5.97 Å². The van der Waals surface area contributed by atoms with Crippen LogP contribution in [0, 0.1) is 12.8 Å². The van der Waals surface area contributed by atoms with E-state index in [-0.39, 0.29) is 5.97 Å². The van der Waals surface area contributed by atoms with Crippen molar-refractivity contribution < 1.29 is 14.1 Å². The molecule has 1 heterocycles. The van der Waals surface area contributed by atoms with Gasteiger partial charge in [-0.25, -0.2) is 0 Å². The maximum atomic E-state index is 12.4. The van der Waals surface area contributed by atoms with Crippen LogP contribution in [0.5, 0.6) is 0 Å². The first-order valence-corrected chi connectivity index (χ1v) is 13.9. The maximum Gasteiger partial charge on any atom is 0.316 e. The molecule has 196 valence electrons. The van der Waals surface area contributed by atoms with Crippen molar-refractivity contribution in [3.8, 4) is 22.5 Å². The number of esters is 1. The lowest BCUT2D eigenvalue weighted by Crippen LogP contribution is -2.23.